The second kappa shape index (κ2) is 6.88. The van der Waals surface area contributed by atoms with Gasteiger partial charge >= 0.3 is 0 Å². The van der Waals surface area contributed by atoms with E-state index in [1.807, 2.05) is 0 Å². The van der Waals surface area contributed by atoms with Crippen LogP contribution < -0.4 is 5.32 Å². The Morgan fingerprint density at radius 1 is 1.28 bits per heavy atom. The van der Waals surface area contributed by atoms with Crippen LogP contribution in [0.4, 0.5) is 0 Å². The van der Waals surface area contributed by atoms with Gasteiger partial charge in [0.2, 0.25) is 0 Å². The van der Waals surface area contributed by atoms with Gasteiger partial charge in [0.1, 0.15) is 0 Å². The Kier molecular flexibility index (Phi) is 6.09. The first kappa shape index (κ1) is 15.9. The lowest BCUT2D eigenvalue weighted by Crippen LogP contribution is -2.51. The van der Waals surface area contributed by atoms with Gasteiger partial charge in [-0.3, -0.25) is 4.90 Å². The SMILES string of the molecule is CCC(C)(CNC(C)C)CN1C[C@@H](C)O[C@@H](C)C1. The Labute approximate surface area is 113 Å². The maximum atomic E-state index is 5.81. The zero-order valence-electron chi connectivity index (χ0n) is 13.1. The quantitative estimate of drug-likeness (QED) is 0.790. The van der Waals surface area contributed by atoms with E-state index in [1.165, 1.54) is 13.0 Å². The molecule has 0 aromatic heterocycles. The maximum absolute atomic E-state index is 5.81. The minimum absolute atomic E-state index is 0.362. The van der Waals surface area contributed by atoms with Crippen molar-refractivity contribution in [3.63, 3.8) is 0 Å². The molecule has 0 amide bonds. The molecule has 0 aliphatic carbocycles. The van der Waals surface area contributed by atoms with Crippen LogP contribution in [0.1, 0.15) is 48.0 Å². The molecule has 1 aliphatic rings. The average molecular weight is 256 g/mol. The van der Waals surface area contributed by atoms with Crippen molar-refractivity contribution in [1.82, 2.24) is 10.2 Å². The monoisotopic (exact) mass is 256 g/mol. The third kappa shape index (κ3) is 5.25. The largest absolute Gasteiger partial charge is 0.373 e. The lowest BCUT2D eigenvalue weighted by atomic mass is 9.86. The number of hydrogen-bond donors (Lipinski definition) is 1. The fourth-order valence-corrected chi connectivity index (χ4v) is 2.70. The van der Waals surface area contributed by atoms with Crippen LogP contribution >= 0.6 is 0 Å². The Balaban J connectivity index is 2.50. The fourth-order valence-electron chi connectivity index (χ4n) is 2.70. The summed E-state index contributed by atoms with van der Waals surface area (Å²) < 4.78 is 5.81. The summed E-state index contributed by atoms with van der Waals surface area (Å²) in [4.78, 5) is 2.57. The summed E-state index contributed by atoms with van der Waals surface area (Å²) in [7, 11) is 0. The summed E-state index contributed by atoms with van der Waals surface area (Å²) >= 11 is 0. The van der Waals surface area contributed by atoms with Crippen molar-refractivity contribution >= 4 is 0 Å². The van der Waals surface area contributed by atoms with Gasteiger partial charge in [-0.05, 0) is 25.7 Å². The standard InChI is InChI=1S/C15H32N2O/c1-7-15(6,10-16-12(2)3)11-17-8-13(4)18-14(5)9-17/h12-14,16H,7-11H2,1-6H3/t13-,14+,15?. The second-order valence-corrected chi connectivity index (χ2v) is 6.65. The zero-order chi connectivity index (χ0) is 13.8. The molecule has 1 aliphatic heterocycles. The molecule has 1 fully saturated rings. The van der Waals surface area contributed by atoms with Crippen LogP contribution in [0.5, 0.6) is 0 Å². The second-order valence-electron chi connectivity index (χ2n) is 6.65. The van der Waals surface area contributed by atoms with Gasteiger partial charge in [0.25, 0.3) is 0 Å². The molecule has 0 spiro atoms. The van der Waals surface area contributed by atoms with Crippen molar-refractivity contribution in [1.29, 1.82) is 0 Å². The number of nitrogens with one attached hydrogen (secondary N) is 1. The van der Waals surface area contributed by atoms with E-state index in [9.17, 15) is 0 Å². The minimum atomic E-state index is 0.362. The van der Waals surface area contributed by atoms with Crippen molar-refractivity contribution in [2.75, 3.05) is 26.2 Å². The Morgan fingerprint density at radius 3 is 2.28 bits per heavy atom. The molecule has 1 rings (SSSR count). The van der Waals surface area contributed by atoms with Crippen LogP contribution in [0, 0.1) is 5.41 Å². The van der Waals surface area contributed by atoms with Crippen molar-refractivity contribution in [2.45, 2.75) is 66.2 Å². The number of hydrogen-bond acceptors (Lipinski definition) is 3. The summed E-state index contributed by atoms with van der Waals surface area (Å²) in [5.41, 5.74) is 0.362. The molecule has 0 bridgehead atoms. The van der Waals surface area contributed by atoms with E-state index in [4.69, 9.17) is 4.74 Å². The molecule has 0 radical (unpaired) electrons. The van der Waals surface area contributed by atoms with Crippen LogP contribution in [-0.2, 0) is 4.74 Å². The molecule has 0 aromatic carbocycles. The molecule has 1 unspecified atom stereocenters. The van der Waals surface area contributed by atoms with Gasteiger partial charge in [-0.25, -0.2) is 0 Å². The highest BCUT2D eigenvalue weighted by Crippen LogP contribution is 2.24. The normalized spacial score (nSPS) is 29.5. The van der Waals surface area contributed by atoms with E-state index in [0.29, 0.717) is 23.7 Å². The van der Waals surface area contributed by atoms with Gasteiger partial charge in [0, 0.05) is 32.2 Å². The van der Waals surface area contributed by atoms with Gasteiger partial charge in [-0.15, -0.1) is 0 Å². The molecule has 0 aromatic rings. The van der Waals surface area contributed by atoms with E-state index < -0.39 is 0 Å². The highest BCUT2D eigenvalue weighted by molar-refractivity contribution is 4.83. The fraction of sp³-hybridized carbons (Fsp3) is 1.00. The zero-order valence-corrected chi connectivity index (χ0v) is 13.1. The molecule has 0 saturated carbocycles. The third-order valence-electron chi connectivity index (χ3n) is 3.89. The Morgan fingerprint density at radius 2 is 1.83 bits per heavy atom. The van der Waals surface area contributed by atoms with Crippen LogP contribution in [0.25, 0.3) is 0 Å². The third-order valence-corrected chi connectivity index (χ3v) is 3.89. The number of ether oxygens (including phenoxy) is 1. The van der Waals surface area contributed by atoms with Crippen molar-refractivity contribution < 1.29 is 4.74 Å². The summed E-state index contributed by atoms with van der Waals surface area (Å²) in [5.74, 6) is 0. The smallest absolute Gasteiger partial charge is 0.0678 e. The predicted molar refractivity (Wildman–Crippen MR) is 78.0 cm³/mol. The summed E-state index contributed by atoms with van der Waals surface area (Å²) in [5, 5.41) is 3.59. The highest BCUT2D eigenvalue weighted by atomic mass is 16.5. The lowest BCUT2D eigenvalue weighted by Gasteiger charge is -2.41. The lowest BCUT2D eigenvalue weighted by molar-refractivity contribution is -0.0769. The molecule has 3 nitrogen and oxygen atoms in total. The highest BCUT2D eigenvalue weighted by Gasteiger charge is 2.29. The first-order valence-electron chi connectivity index (χ1n) is 7.46. The summed E-state index contributed by atoms with van der Waals surface area (Å²) in [6, 6.07) is 0.568. The van der Waals surface area contributed by atoms with Crippen LogP contribution in [0.2, 0.25) is 0 Å². The van der Waals surface area contributed by atoms with Gasteiger partial charge in [0.05, 0.1) is 12.2 Å². The molecular formula is C15H32N2O. The van der Waals surface area contributed by atoms with E-state index >= 15 is 0 Å². The van der Waals surface area contributed by atoms with E-state index in [2.05, 4.69) is 51.8 Å². The Bertz CT molecular complexity index is 235. The molecular weight excluding hydrogens is 224 g/mol. The average Bonchev–Trinajstić information content (AvgIpc) is 2.25. The minimum Gasteiger partial charge on any atom is -0.373 e. The maximum Gasteiger partial charge on any atom is 0.0678 e. The topological polar surface area (TPSA) is 24.5 Å². The molecule has 1 saturated heterocycles. The summed E-state index contributed by atoms with van der Waals surface area (Å²) in [6.07, 6.45) is 1.95. The van der Waals surface area contributed by atoms with E-state index in [0.717, 1.165) is 19.6 Å². The number of morpholine rings is 1. The van der Waals surface area contributed by atoms with Crippen molar-refractivity contribution in [3.05, 3.63) is 0 Å². The van der Waals surface area contributed by atoms with Gasteiger partial charge in [0.15, 0.2) is 0 Å². The van der Waals surface area contributed by atoms with Crippen molar-refractivity contribution in [3.8, 4) is 0 Å². The molecule has 18 heavy (non-hydrogen) atoms. The van der Waals surface area contributed by atoms with E-state index in [1.54, 1.807) is 0 Å². The van der Waals surface area contributed by atoms with E-state index in [-0.39, 0.29) is 0 Å². The Hall–Kier alpha value is -0.120. The number of nitrogens with zero attached hydrogens (tertiary/aromatic N) is 1. The first-order chi connectivity index (χ1) is 8.34. The molecule has 1 N–H and O–H groups in total. The van der Waals surface area contributed by atoms with Crippen molar-refractivity contribution in [2.24, 2.45) is 5.41 Å². The van der Waals surface area contributed by atoms with Gasteiger partial charge in [-0.2, -0.15) is 0 Å². The first-order valence-corrected chi connectivity index (χ1v) is 7.46. The van der Waals surface area contributed by atoms with Gasteiger partial charge in [-0.1, -0.05) is 27.7 Å². The van der Waals surface area contributed by atoms with Crippen LogP contribution in [0.3, 0.4) is 0 Å². The number of rotatable bonds is 6. The molecule has 108 valence electrons. The predicted octanol–water partition coefficient (Wildman–Crippen LogP) is 2.51. The molecule has 3 atom stereocenters. The summed E-state index contributed by atoms with van der Waals surface area (Å²) in [6.45, 7) is 17.9. The van der Waals surface area contributed by atoms with Crippen LogP contribution in [-0.4, -0.2) is 49.3 Å². The molecule has 3 heteroatoms. The van der Waals surface area contributed by atoms with Gasteiger partial charge < -0.3 is 10.1 Å². The molecule has 1 heterocycles. The van der Waals surface area contributed by atoms with Crippen LogP contribution in [0.15, 0.2) is 0 Å².